The lowest BCUT2D eigenvalue weighted by atomic mass is 10.2. The second kappa shape index (κ2) is 7.85. The first-order valence-electron chi connectivity index (χ1n) is 6.96. The Morgan fingerprint density at radius 3 is 2.52 bits per heavy atom. The van der Waals surface area contributed by atoms with Crippen molar-refractivity contribution in [3.8, 4) is 0 Å². The van der Waals surface area contributed by atoms with Gasteiger partial charge >= 0.3 is 5.69 Å². The number of nitro benzene ring substituents is 1. The molecule has 0 fully saturated rings. The summed E-state index contributed by atoms with van der Waals surface area (Å²) in [6, 6.07) is 5.62. The number of nitrogens with one attached hydrogen (secondary N) is 2. The summed E-state index contributed by atoms with van der Waals surface area (Å²) in [5.41, 5.74) is -0.363. The third kappa shape index (κ3) is 4.94. The van der Waals surface area contributed by atoms with E-state index in [1.165, 1.54) is 30.5 Å². The number of nitrogens with zero attached hydrogens (tertiary/aromatic N) is 2. The number of anilines is 2. The molecule has 0 saturated heterocycles. The quantitative estimate of drug-likeness (QED) is 0.413. The number of nitro groups is 1. The molecular weight excluding hydrogens is 391 g/mol. The van der Waals surface area contributed by atoms with Crippen LogP contribution in [-0.4, -0.2) is 37.7 Å². The Labute approximate surface area is 154 Å². The van der Waals surface area contributed by atoms with Crippen LogP contribution in [0.25, 0.3) is 0 Å². The first-order valence-corrected chi connectivity index (χ1v) is 9.61. The predicted octanol–water partition coefficient (Wildman–Crippen LogP) is 3.22. The lowest BCUT2D eigenvalue weighted by Gasteiger charge is -2.11. The number of rotatable bonds is 7. The topological polar surface area (TPSA) is 114 Å². The Morgan fingerprint density at radius 2 is 1.92 bits per heavy atom. The lowest BCUT2D eigenvalue weighted by molar-refractivity contribution is -0.386. The molecule has 0 bridgehead atoms. The zero-order valence-electron chi connectivity index (χ0n) is 13.0. The van der Waals surface area contributed by atoms with E-state index in [0.717, 1.165) is 6.26 Å². The van der Waals surface area contributed by atoms with Gasteiger partial charge in [0.25, 0.3) is 0 Å². The molecule has 8 nitrogen and oxygen atoms in total. The molecule has 1 heterocycles. The van der Waals surface area contributed by atoms with Gasteiger partial charge < -0.3 is 10.6 Å². The lowest BCUT2D eigenvalue weighted by Crippen LogP contribution is -2.16. The van der Waals surface area contributed by atoms with Crippen LogP contribution >= 0.6 is 23.2 Å². The molecule has 0 unspecified atom stereocenters. The second-order valence-electron chi connectivity index (χ2n) is 5.02. The van der Waals surface area contributed by atoms with E-state index in [2.05, 4.69) is 15.6 Å². The second-order valence-corrected chi connectivity index (χ2v) is 7.85. The van der Waals surface area contributed by atoms with Gasteiger partial charge in [0.15, 0.2) is 9.84 Å². The summed E-state index contributed by atoms with van der Waals surface area (Å²) in [7, 11) is -3.72. The normalized spacial score (nSPS) is 11.2. The highest BCUT2D eigenvalue weighted by molar-refractivity contribution is 7.90. The Kier molecular flexibility index (Phi) is 6.04. The smallest absolute Gasteiger partial charge is 0.310 e. The number of pyridine rings is 1. The van der Waals surface area contributed by atoms with Crippen molar-refractivity contribution >= 4 is 50.2 Å². The summed E-state index contributed by atoms with van der Waals surface area (Å²) in [5.74, 6) is 0.423. The first-order chi connectivity index (χ1) is 11.7. The van der Waals surface area contributed by atoms with Crippen molar-refractivity contribution in [2.45, 2.75) is 4.90 Å². The van der Waals surface area contributed by atoms with E-state index in [1.807, 2.05) is 0 Å². The van der Waals surface area contributed by atoms with Crippen molar-refractivity contribution in [3.05, 3.63) is 50.6 Å². The highest BCUT2D eigenvalue weighted by atomic mass is 35.5. The Hall–Kier alpha value is -2.10. The van der Waals surface area contributed by atoms with E-state index in [0.29, 0.717) is 22.4 Å². The van der Waals surface area contributed by atoms with Crippen LogP contribution in [0, 0.1) is 10.1 Å². The van der Waals surface area contributed by atoms with Gasteiger partial charge in [0.1, 0.15) is 16.4 Å². The van der Waals surface area contributed by atoms with Crippen LogP contribution < -0.4 is 10.6 Å². The van der Waals surface area contributed by atoms with Gasteiger partial charge in [0, 0.05) is 25.5 Å². The van der Waals surface area contributed by atoms with Crippen LogP contribution in [0.1, 0.15) is 0 Å². The predicted molar refractivity (Wildman–Crippen MR) is 97.4 cm³/mol. The summed E-state index contributed by atoms with van der Waals surface area (Å²) in [6.07, 6.45) is 2.36. The van der Waals surface area contributed by atoms with E-state index in [9.17, 15) is 18.5 Å². The fourth-order valence-corrected chi connectivity index (χ4v) is 3.38. The summed E-state index contributed by atoms with van der Waals surface area (Å²) < 4.78 is 23.4. The Balaban J connectivity index is 2.09. The maximum Gasteiger partial charge on any atom is 0.310 e. The molecule has 134 valence electrons. The minimum atomic E-state index is -3.72. The van der Waals surface area contributed by atoms with Crippen molar-refractivity contribution in [2.75, 3.05) is 30.0 Å². The molecule has 0 spiro atoms. The van der Waals surface area contributed by atoms with Gasteiger partial charge in [0.05, 0.1) is 15.0 Å². The van der Waals surface area contributed by atoms with Gasteiger partial charge in [-0.1, -0.05) is 29.3 Å². The standard InChI is InChI=1S/C14H14Cl2N4O4S/c1-25(23,24)12-4-2-3-11(13(12)20(21)22)17-5-6-18-14-10(16)7-9(15)8-19-14/h2-4,7-8,17H,5-6H2,1H3,(H,18,19). The third-order valence-electron chi connectivity index (χ3n) is 3.12. The fourth-order valence-electron chi connectivity index (χ4n) is 2.08. The van der Waals surface area contributed by atoms with E-state index < -0.39 is 20.4 Å². The molecule has 2 N–H and O–H groups in total. The molecule has 1 aromatic heterocycles. The molecule has 2 rings (SSSR count). The number of halogens is 2. The molecule has 2 aromatic rings. The van der Waals surface area contributed by atoms with Gasteiger partial charge in [-0.2, -0.15) is 0 Å². The molecule has 0 aliphatic heterocycles. The van der Waals surface area contributed by atoms with Gasteiger partial charge in [-0.15, -0.1) is 0 Å². The molecule has 0 saturated carbocycles. The number of hydrogen-bond acceptors (Lipinski definition) is 7. The van der Waals surface area contributed by atoms with Crippen LogP contribution in [0.2, 0.25) is 10.0 Å². The number of aromatic nitrogens is 1. The minimum Gasteiger partial charge on any atom is -0.378 e. The summed E-state index contributed by atoms with van der Waals surface area (Å²) >= 11 is 11.7. The summed E-state index contributed by atoms with van der Waals surface area (Å²) in [6.45, 7) is 0.614. The largest absolute Gasteiger partial charge is 0.378 e. The average molecular weight is 405 g/mol. The van der Waals surface area contributed by atoms with Crippen molar-refractivity contribution < 1.29 is 13.3 Å². The Morgan fingerprint density at radius 1 is 1.24 bits per heavy atom. The first kappa shape index (κ1) is 19.2. The molecule has 0 atom stereocenters. The van der Waals surface area contributed by atoms with Crippen molar-refractivity contribution in [2.24, 2.45) is 0 Å². The molecule has 1 aromatic carbocycles. The summed E-state index contributed by atoms with van der Waals surface area (Å²) in [4.78, 5) is 14.2. The van der Waals surface area contributed by atoms with E-state index in [4.69, 9.17) is 23.2 Å². The van der Waals surface area contributed by atoms with Crippen molar-refractivity contribution in [1.29, 1.82) is 0 Å². The molecule has 25 heavy (non-hydrogen) atoms. The Bertz CT molecular complexity index is 906. The number of sulfone groups is 1. The summed E-state index contributed by atoms with van der Waals surface area (Å²) in [5, 5.41) is 17.8. The maximum atomic E-state index is 11.7. The fraction of sp³-hybridized carbons (Fsp3) is 0.214. The van der Waals surface area contributed by atoms with Crippen LogP contribution in [0.3, 0.4) is 0 Å². The van der Waals surface area contributed by atoms with Crippen molar-refractivity contribution in [1.82, 2.24) is 4.98 Å². The molecule has 11 heteroatoms. The molecule has 0 aliphatic carbocycles. The van der Waals surface area contributed by atoms with Gasteiger partial charge in [-0.05, 0) is 18.2 Å². The number of para-hydroxylation sites is 1. The molecule has 0 amide bonds. The van der Waals surface area contributed by atoms with Crippen LogP contribution in [-0.2, 0) is 9.84 Å². The average Bonchev–Trinajstić information content (AvgIpc) is 2.51. The van der Waals surface area contributed by atoms with Gasteiger partial charge in [-0.25, -0.2) is 13.4 Å². The zero-order chi connectivity index (χ0) is 18.6. The van der Waals surface area contributed by atoms with E-state index >= 15 is 0 Å². The van der Waals surface area contributed by atoms with Gasteiger partial charge in [-0.3, -0.25) is 10.1 Å². The molecule has 0 radical (unpaired) electrons. The van der Waals surface area contributed by atoms with Gasteiger partial charge in [0.2, 0.25) is 0 Å². The van der Waals surface area contributed by atoms with E-state index in [1.54, 1.807) is 0 Å². The highest BCUT2D eigenvalue weighted by Gasteiger charge is 2.25. The van der Waals surface area contributed by atoms with Crippen LogP contribution in [0.5, 0.6) is 0 Å². The minimum absolute atomic E-state index is 0.116. The van der Waals surface area contributed by atoms with Crippen LogP contribution in [0.4, 0.5) is 17.2 Å². The zero-order valence-corrected chi connectivity index (χ0v) is 15.3. The highest BCUT2D eigenvalue weighted by Crippen LogP contribution is 2.31. The van der Waals surface area contributed by atoms with E-state index in [-0.39, 0.29) is 17.1 Å². The third-order valence-corrected chi connectivity index (χ3v) is 4.74. The molecular formula is C14H14Cl2N4O4S. The number of hydrogen-bond donors (Lipinski definition) is 2. The monoisotopic (exact) mass is 404 g/mol. The molecule has 0 aliphatic rings. The maximum absolute atomic E-state index is 11.7. The van der Waals surface area contributed by atoms with Crippen molar-refractivity contribution in [3.63, 3.8) is 0 Å². The van der Waals surface area contributed by atoms with Crippen LogP contribution in [0.15, 0.2) is 35.4 Å². The SMILES string of the molecule is CS(=O)(=O)c1cccc(NCCNc2ncc(Cl)cc2Cl)c1[N+](=O)[O-]. The number of benzene rings is 1.